The van der Waals surface area contributed by atoms with Crippen LogP contribution in [-0.2, 0) is 6.42 Å². The van der Waals surface area contributed by atoms with Crippen LogP contribution in [0.5, 0.6) is 0 Å². The molecule has 108 valence electrons. The largest absolute Gasteiger partial charge is 0.458 e. The molecule has 3 rings (SSSR count). The lowest BCUT2D eigenvalue weighted by Gasteiger charge is -2.14. The van der Waals surface area contributed by atoms with Crippen LogP contribution in [0.1, 0.15) is 17.4 Å². The summed E-state index contributed by atoms with van der Waals surface area (Å²) in [5.74, 6) is 0.916. The molecule has 0 aliphatic heterocycles. The predicted molar refractivity (Wildman–Crippen MR) is 90.9 cm³/mol. The van der Waals surface area contributed by atoms with E-state index in [1.807, 2.05) is 43.4 Å². The topological polar surface area (TPSA) is 25.2 Å². The molecule has 1 heterocycles. The van der Waals surface area contributed by atoms with Crippen molar-refractivity contribution < 1.29 is 4.42 Å². The van der Waals surface area contributed by atoms with E-state index in [4.69, 9.17) is 16.0 Å². The van der Waals surface area contributed by atoms with Crippen molar-refractivity contribution >= 4 is 38.5 Å². The molecule has 0 saturated heterocycles. The number of hydrogen-bond acceptors (Lipinski definition) is 2. The Balaban J connectivity index is 1.95. The maximum absolute atomic E-state index is 6.25. The van der Waals surface area contributed by atoms with Crippen LogP contribution < -0.4 is 5.32 Å². The summed E-state index contributed by atoms with van der Waals surface area (Å²) in [4.78, 5) is 0. The average Bonchev–Trinajstić information content (AvgIpc) is 2.92. The quantitative estimate of drug-likeness (QED) is 0.675. The first kappa shape index (κ1) is 14.6. The lowest BCUT2D eigenvalue weighted by atomic mass is 10.0. The summed E-state index contributed by atoms with van der Waals surface area (Å²) in [6.07, 6.45) is 0.785. The maximum Gasteiger partial charge on any atom is 0.148 e. The molecule has 2 aromatic carbocycles. The fourth-order valence-electron chi connectivity index (χ4n) is 2.45. The molecule has 0 bridgehead atoms. The summed E-state index contributed by atoms with van der Waals surface area (Å²) in [5.41, 5.74) is 1.99. The zero-order valence-electron chi connectivity index (χ0n) is 11.6. The number of para-hydroxylation sites is 1. The lowest BCUT2D eigenvalue weighted by molar-refractivity contribution is 0.450. The third kappa shape index (κ3) is 3.00. The first-order valence-corrected chi connectivity index (χ1v) is 7.95. The van der Waals surface area contributed by atoms with Gasteiger partial charge in [0.1, 0.15) is 11.3 Å². The van der Waals surface area contributed by atoms with Crippen LogP contribution in [-0.4, -0.2) is 7.05 Å². The van der Waals surface area contributed by atoms with E-state index in [2.05, 4.69) is 33.4 Å². The Hall–Kier alpha value is -1.29. The smallest absolute Gasteiger partial charge is 0.148 e. The number of benzene rings is 2. The van der Waals surface area contributed by atoms with Gasteiger partial charge in [0.2, 0.25) is 0 Å². The highest BCUT2D eigenvalue weighted by Crippen LogP contribution is 2.31. The Morgan fingerprint density at radius 2 is 2.00 bits per heavy atom. The molecule has 4 heteroatoms. The minimum absolute atomic E-state index is 0.0872. The molecule has 0 aliphatic carbocycles. The fraction of sp³-hybridized carbons (Fsp3) is 0.176. The van der Waals surface area contributed by atoms with E-state index in [1.54, 1.807) is 0 Å². The molecule has 0 saturated carbocycles. The number of rotatable bonds is 4. The van der Waals surface area contributed by atoms with Gasteiger partial charge in [0.25, 0.3) is 0 Å². The van der Waals surface area contributed by atoms with Crippen molar-refractivity contribution in [3.05, 3.63) is 69.3 Å². The molecule has 2 nitrogen and oxygen atoms in total. The van der Waals surface area contributed by atoms with E-state index >= 15 is 0 Å². The maximum atomic E-state index is 6.25. The number of furan rings is 1. The number of nitrogens with one attached hydrogen (secondary N) is 1. The molecule has 0 radical (unpaired) electrons. The van der Waals surface area contributed by atoms with Crippen molar-refractivity contribution in [2.45, 2.75) is 12.5 Å². The van der Waals surface area contributed by atoms with Gasteiger partial charge >= 0.3 is 0 Å². The number of likely N-dealkylation sites (N-methyl/N-ethyl adjacent to an activating group) is 1. The second-order valence-corrected chi connectivity index (χ2v) is 6.21. The monoisotopic (exact) mass is 363 g/mol. The number of halogens is 2. The Labute approximate surface area is 137 Å². The second-order valence-electron chi connectivity index (χ2n) is 4.94. The average molecular weight is 365 g/mol. The van der Waals surface area contributed by atoms with Crippen molar-refractivity contribution in [3.8, 4) is 0 Å². The summed E-state index contributed by atoms with van der Waals surface area (Å²) in [6.45, 7) is 0. The van der Waals surface area contributed by atoms with Gasteiger partial charge in [0.15, 0.2) is 0 Å². The zero-order chi connectivity index (χ0) is 14.8. The molecule has 1 unspecified atom stereocenters. The van der Waals surface area contributed by atoms with Gasteiger partial charge in [-0.25, -0.2) is 0 Å². The van der Waals surface area contributed by atoms with Crippen LogP contribution in [0, 0.1) is 0 Å². The van der Waals surface area contributed by atoms with Gasteiger partial charge in [-0.3, -0.25) is 0 Å². The van der Waals surface area contributed by atoms with Gasteiger partial charge in [-0.15, -0.1) is 0 Å². The van der Waals surface area contributed by atoms with E-state index in [0.717, 1.165) is 38.2 Å². The summed E-state index contributed by atoms with van der Waals surface area (Å²) in [7, 11) is 1.93. The van der Waals surface area contributed by atoms with Crippen molar-refractivity contribution in [1.29, 1.82) is 0 Å². The van der Waals surface area contributed by atoms with Gasteiger partial charge in [-0.1, -0.05) is 41.9 Å². The molecule has 0 spiro atoms. The zero-order valence-corrected chi connectivity index (χ0v) is 13.9. The number of hydrogen-bond donors (Lipinski definition) is 1. The Morgan fingerprint density at radius 1 is 1.19 bits per heavy atom. The molecule has 0 fully saturated rings. The molecule has 0 amide bonds. The predicted octanol–water partition coefficient (Wildman–Crippen LogP) is 5.35. The Bertz CT molecular complexity index is 768. The van der Waals surface area contributed by atoms with E-state index < -0.39 is 0 Å². The number of fused-ring (bicyclic) bond motifs is 1. The van der Waals surface area contributed by atoms with Crippen LogP contribution in [0.15, 0.2) is 57.4 Å². The first-order chi connectivity index (χ1) is 10.2. The molecule has 1 N–H and O–H groups in total. The minimum Gasteiger partial charge on any atom is -0.458 e. The highest BCUT2D eigenvalue weighted by molar-refractivity contribution is 9.10. The van der Waals surface area contributed by atoms with Crippen molar-refractivity contribution in [3.63, 3.8) is 0 Å². The van der Waals surface area contributed by atoms with Gasteiger partial charge in [-0.05, 0) is 53.2 Å². The van der Waals surface area contributed by atoms with Crippen molar-refractivity contribution in [1.82, 2.24) is 5.32 Å². The normalized spacial score (nSPS) is 12.7. The molecule has 21 heavy (non-hydrogen) atoms. The third-order valence-corrected chi connectivity index (χ3v) is 4.58. The standard InChI is InChI=1S/C17H15BrClNO/c1-20-15(9-11-5-2-3-8-14(11)19)16-10-12-6-4-7-13(18)17(12)21-16/h2-8,10,15,20H,9H2,1H3. The van der Waals surface area contributed by atoms with Gasteiger partial charge in [0.05, 0.1) is 10.5 Å². The lowest BCUT2D eigenvalue weighted by Crippen LogP contribution is -2.18. The Morgan fingerprint density at radius 3 is 2.71 bits per heavy atom. The van der Waals surface area contributed by atoms with Crippen molar-refractivity contribution in [2.24, 2.45) is 0 Å². The second kappa shape index (κ2) is 6.22. The highest BCUT2D eigenvalue weighted by Gasteiger charge is 2.17. The molecular weight excluding hydrogens is 350 g/mol. The first-order valence-electron chi connectivity index (χ1n) is 6.77. The van der Waals surface area contributed by atoms with Crippen LogP contribution in [0.25, 0.3) is 11.0 Å². The van der Waals surface area contributed by atoms with Crippen LogP contribution in [0.4, 0.5) is 0 Å². The van der Waals surface area contributed by atoms with Gasteiger partial charge in [-0.2, -0.15) is 0 Å². The fourth-order valence-corrected chi connectivity index (χ4v) is 3.12. The van der Waals surface area contributed by atoms with E-state index in [0.29, 0.717) is 0 Å². The van der Waals surface area contributed by atoms with Crippen LogP contribution in [0.2, 0.25) is 5.02 Å². The molecule has 1 aromatic heterocycles. The van der Waals surface area contributed by atoms with E-state index in [-0.39, 0.29) is 6.04 Å². The van der Waals surface area contributed by atoms with Crippen LogP contribution >= 0.6 is 27.5 Å². The van der Waals surface area contributed by atoms with E-state index in [1.165, 1.54) is 0 Å². The molecule has 1 atom stereocenters. The van der Waals surface area contributed by atoms with Gasteiger partial charge < -0.3 is 9.73 Å². The summed E-state index contributed by atoms with van der Waals surface area (Å²) >= 11 is 9.78. The van der Waals surface area contributed by atoms with Crippen LogP contribution in [0.3, 0.4) is 0 Å². The summed E-state index contributed by atoms with van der Waals surface area (Å²) < 4.78 is 6.98. The summed E-state index contributed by atoms with van der Waals surface area (Å²) in [5, 5.41) is 5.19. The molecular formula is C17H15BrClNO. The molecule has 3 aromatic rings. The minimum atomic E-state index is 0.0872. The summed E-state index contributed by atoms with van der Waals surface area (Å²) in [6, 6.07) is 16.1. The third-order valence-electron chi connectivity index (χ3n) is 3.59. The van der Waals surface area contributed by atoms with Crippen molar-refractivity contribution in [2.75, 3.05) is 7.05 Å². The van der Waals surface area contributed by atoms with Gasteiger partial charge in [0, 0.05) is 10.4 Å². The van der Waals surface area contributed by atoms with E-state index in [9.17, 15) is 0 Å². The molecule has 0 aliphatic rings. The Kier molecular flexibility index (Phi) is 4.34. The SMILES string of the molecule is CNC(Cc1ccccc1Cl)c1cc2cccc(Br)c2o1. The highest BCUT2D eigenvalue weighted by atomic mass is 79.9.